The molecule has 4 rings (SSSR count). The monoisotopic (exact) mass is 351 g/mol. The van der Waals surface area contributed by atoms with Crippen LogP contribution in [0.15, 0.2) is 36.5 Å². The van der Waals surface area contributed by atoms with Gasteiger partial charge in [0.05, 0.1) is 6.61 Å². The van der Waals surface area contributed by atoms with Crippen molar-refractivity contribution in [3.63, 3.8) is 0 Å². The van der Waals surface area contributed by atoms with Crippen LogP contribution in [0.1, 0.15) is 29.7 Å². The van der Waals surface area contributed by atoms with Crippen LogP contribution in [0.5, 0.6) is 5.75 Å². The summed E-state index contributed by atoms with van der Waals surface area (Å²) in [4.78, 5) is 21.5. The lowest BCUT2D eigenvalue weighted by Crippen LogP contribution is -2.31. The van der Waals surface area contributed by atoms with E-state index in [0.29, 0.717) is 30.4 Å². The number of aryl methyl sites for hydroxylation is 1. The molecular formula is C19H21N5O2. The summed E-state index contributed by atoms with van der Waals surface area (Å²) >= 11 is 0. The van der Waals surface area contributed by atoms with Gasteiger partial charge in [0.15, 0.2) is 0 Å². The molecule has 0 bridgehead atoms. The summed E-state index contributed by atoms with van der Waals surface area (Å²) in [5.41, 5.74) is 7.09. The molecule has 1 aromatic carbocycles. The number of ether oxygens (including phenoxy) is 1. The predicted octanol–water partition coefficient (Wildman–Crippen LogP) is 2.36. The largest absolute Gasteiger partial charge is 0.492 e. The molecular weight excluding hydrogens is 330 g/mol. The summed E-state index contributed by atoms with van der Waals surface area (Å²) < 4.78 is 7.59. The van der Waals surface area contributed by atoms with Gasteiger partial charge in [0.2, 0.25) is 0 Å². The van der Waals surface area contributed by atoms with Crippen LogP contribution in [0.4, 0.5) is 5.82 Å². The summed E-state index contributed by atoms with van der Waals surface area (Å²) in [5.74, 6) is 1.80. The third kappa shape index (κ3) is 3.13. The number of para-hydroxylation sites is 1. The Hall–Kier alpha value is -2.93. The van der Waals surface area contributed by atoms with E-state index in [-0.39, 0.29) is 11.9 Å². The van der Waals surface area contributed by atoms with E-state index in [1.165, 1.54) is 0 Å². The lowest BCUT2D eigenvalue weighted by atomic mass is 10.1. The van der Waals surface area contributed by atoms with Gasteiger partial charge in [-0.25, -0.2) is 9.97 Å². The number of pyridine rings is 1. The molecule has 1 amide bonds. The number of carbonyl (C=O) groups excluding carboxylic acids is 1. The zero-order valence-electron chi connectivity index (χ0n) is 14.6. The Bertz CT molecular complexity index is 966. The molecule has 26 heavy (non-hydrogen) atoms. The van der Waals surface area contributed by atoms with Gasteiger partial charge >= 0.3 is 0 Å². The molecule has 3 N–H and O–H groups in total. The summed E-state index contributed by atoms with van der Waals surface area (Å²) in [6.45, 7) is 3.18. The van der Waals surface area contributed by atoms with Crippen molar-refractivity contribution in [2.24, 2.45) is 5.73 Å². The second kappa shape index (κ2) is 6.76. The first-order valence-corrected chi connectivity index (χ1v) is 8.79. The van der Waals surface area contributed by atoms with Crippen molar-refractivity contribution in [1.29, 1.82) is 0 Å². The Balaban J connectivity index is 1.59. The number of carbonyl (C=O) groups is 1. The van der Waals surface area contributed by atoms with E-state index in [1.54, 1.807) is 12.3 Å². The number of nitrogens with one attached hydrogen (secondary N) is 1. The molecule has 1 unspecified atom stereocenters. The highest BCUT2D eigenvalue weighted by Gasteiger charge is 2.20. The Morgan fingerprint density at radius 1 is 1.35 bits per heavy atom. The van der Waals surface area contributed by atoms with Gasteiger partial charge in [-0.2, -0.15) is 0 Å². The maximum Gasteiger partial charge on any atom is 0.277 e. The molecule has 3 heterocycles. The molecule has 3 aromatic rings. The smallest absolute Gasteiger partial charge is 0.277 e. The molecule has 1 aliphatic rings. The van der Waals surface area contributed by atoms with E-state index in [1.807, 2.05) is 35.8 Å². The van der Waals surface area contributed by atoms with Crippen LogP contribution in [0, 0.1) is 0 Å². The topological polar surface area (TPSA) is 95.1 Å². The van der Waals surface area contributed by atoms with Gasteiger partial charge in [0.1, 0.15) is 28.6 Å². The summed E-state index contributed by atoms with van der Waals surface area (Å²) in [6, 6.07) is 9.57. The number of aromatic nitrogens is 3. The zero-order valence-corrected chi connectivity index (χ0v) is 14.6. The van der Waals surface area contributed by atoms with Crippen molar-refractivity contribution in [3.05, 3.63) is 48.0 Å². The Labute approximate surface area is 151 Å². The van der Waals surface area contributed by atoms with Crippen LogP contribution >= 0.6 is 0 Å². The van der Waals surface area contributed by atoms with E-state index < -0.39 is 0 Å². The highest BCUT2D eigenvalue weighted by Crippen LogP contribution is 2.25. The minimum atomic E-state index is -0.277. The molecule has 1 atom stereocenters. The Morgan fingerprint density at radius 2 is 2.23 bits per heavy atom. The number of hydrogen-bond donors (Lipinski definition) is 2. The number of nitrogens with two attached hydrogens (primary N) is 1. The predicted molar refractivity (Wildman–Crippen MR) is 99.4 cm³/mol. The summed E-state index contributed by atoms with van der Waals surface area (Å²) in [5, 5.41) is 3.79. The van der Waals surface area contributed by atoms with E-state index in [9.17, 15) is 4.79 Å². The van der Waals surface area contributed by atoms with Crippen LogP contribution in [0.3, 0.4) is 0 Å². The number of imidazole rings is 1. The third-order valence-electron chi connectivity index (χ3n) is 4.49. The molecule has 0 aliphatic carbocycles. The minimum Gasteiger partial charge on any atom is -0.492 e. The maximum atomic E-state index is 12.6. The van der Waals surface area contributed by atoms with Crippen molar-refractivity contribution in [1.82, 2.24) is 14.5 Å². The van der Waals surface area contributed by atoms with Crippen LogP contribution in [-0.4, -0.2) is 33.1 Å². The van der Waals surface area contributed by atoms with Gasteiger partial charge in [0.25, 0.3) is 5.91 Å². The molecule has 0 fully saturated rings. The number of rotatable bonds is 4. The van der Waals surface area contributed by atoms with E-state index in [4.69, 9.17) is 10.5 Å². The Kier molecular flexibility index (Phi) is 4.30. The molecule has 2 aromatic heterocycles. The Morgan fingerprint density at radius 3 is 3.08 bits per heavy atom. The second-order valence-electron chi connectivity index (χ2n) is 6.40. The lowest BCUT2D eigenvalue weighted by molar-refractivity contribution is 0.102. The fourth-order valence-electron chi connectivity index (χ4n) is 3.22. The van der Waals surface area contributed by atoms with Crippen LogP contribution in [0.25, 0.3) is 10.9 Å². The number of anilines is 1. The summed E-state index contributed by atoms with van der Waals surface area (Å²) in [6.07, 6.45) is 3.45. The standard InChI is InChI=1S/C19H21N5O2/c1-2-26-15-5-3-4-12-6-8-16(22-18(12)15)23-19(25)14-11-24-10-13(20)7-9-17(24)21-14/h3-6,8,11,13H,2,7,9-10,20H2,1H3,(H,22,23,25). The second-order valence-corrected chi connectivity index (χ2v) is 6.40. The fourth-order valence-corrected chi connectivity index (χ4v) is 3.22. The SMILES string of the molecule is CCOc1cccc2ccc(NC(=O)c3cn4c(n3)CCC(N)C4)nc12. The number of benzene rings is 1. The first-order valence-electron chi connectivity index (χ1n) is 8.79. The normalized spacial score (nSPS) is 16.3. The lowest BCUT2D eigenvalue weighted by Gasteiger charge is -2.19. The van der Waals surface area contributed by atoms with Crippen molar-refractivity contribution in [3.8, 4) is 5.75 Å². The van der Waals surface area contributed by atoms with Crippen molar-refractivity contribution in [2.45, 2.75) is 32.4 Å². The van der Waals surface area contributed by atoms with Gasteiger partial charge in [-0.05, 0) is 31.5 Å². The average molecular weight is 351 g/mol. The number of amides is 1. The first-order chi connectivity index (χ1) is 12.6. The average Bonchev–Trinajstić information content (AvgIpc) is 3.06. The molecule has 0 saturated carbocycles. The molecule has 7 heteroatoms. The molecule has 7 nitrogen and oxygen atoms in total. The van der Waals surface area contributed by atoms with Gasteiger partial charge in [-0.15, -0.1) is 0 Å². The van der Waals surface area contributed by atoms with Gasteiger partial charge in [-0.3, -0.25) is 4.79 Å². The highest BCUT2D eigenvalue weighted by atomic mass is 16.5. The van der Waals surface area contributed by atoms with Crippen molar-refractivity contribution >= 4 is 22.6 Å². The van der Waals surface area contributed by atoms with E-state index in [2.05, 4.69) is 15.3 Å². The minimum absolute atomic E-state index is 0.117. The molecule has 0 spiro atoms. The van der Waals surface area contributed by atoms with Crippen molar-refractivity contribution < 1.29 is 9.53 Å². The third-order valence-corrected chi connectivity index (χ3v) is 4.49. The highest BCUT2D eigenvalue weighted by molar-refractivity contribution is 6.03. The number of fused-ring (bicyclic) bond motifs is 2. The molecule has 0 radical (unpaired) electrons. The maximum absolute atomic E-state index is 12.6. The molecule has 0 saturated heterocycles. The van der Waals surface area contributed by atoms with Crippen molar-refractivity contribution in [2.75, 3.05) is 11.9 Å². The number of nitrogens with zero attached hydrogens (tertiary/aromatic N) is 3. The summed E-state index contributed by atoms with van der Waals surface area (Å²) in [7, 11) is 0. The van der Waals surface area contributed by atoms with E-state index in [0.717, 1.165) is 29.6 Å². The molecule has 1 aliphatic heterocycles. The van der Waals surface area contributed by atoms with Gasteiger partial charge < -0.3 is 20.4 Å². The number of hydrogen-bond acceptors (Lipinski definition) is 5. The van der Waals surface area contributed by atoms with Gasteiger partial charge in [0, 0.05) is 30.6 Å². The van der Waals surface area contributed by atoms with Gasteiger partial charge in [-0.1, -0.05) is 12.1 Å². The fraction of sp³-hybridized carbons (Fsp3) is 0.316. The quantitative estimate of drug-likeness (QED) is 0.752. The van der Waals surface area contributed by atoms with Crippen LogP contribution in [-0.2, 0) is 13.0 Å². The first kappa shape index (κ1) is 16.5. The molecule has 134 valence electrons. The van der Waals surface area contributed by atoms with Crippen LogP contribution in [0.2, 0.25) is 0 Å². The van der Waals surface area contributed by atoms with E-state index >= 15 is 0 Å². The van der Waals surface area contributed by atoms with Crippen LogP contribution < -0.4 is 15.8 Å². The zero-order chi connectivity index (χ0) is 18.1.